The van der Waals surface area contributed by atoms with Gasteiger partial charge in [0.1, 0.15) is 5.75 Å². The van der Waals surface area contributed by atoms with E-state index in [1.807, 2.05) is 42.5 Å². The van der Waals surface area contributed by atoms with Crippen molar-refractivity contribution in [3.8, 4) is 5.75 Å². The first kappa shape index (κ1) is 24.7. The number of morpholine rings is 1. The molecule has 1 fully saturated rings. The normalized spacial score (nSPS) is 14.2. The van der Waals surface area contributed by atoms with E-state index in [4.69, 9.17) is 26.1 Å². The van der Waals surface area contributed by atoms with Gasteiger partial charge < -0.3 is 9.47 Å². The number of carbonyl (C=O) groups is 1. The van der Waals surface area contributed by atoms with Gasteiger partial charge in [-0.15, -0.1) is 12.4 Å². The van der Waals surface area contributed by atoms with E-state index in [-0.39, 0.29) is 24.7 Å². The lowest BCUT2D eigenvalue weighted by atomic mass is 10.1. The first-order valence-corrected chi connectivity index (χ1v) is 11.6. The summed E-state index contributed by atoms with van der Waals surface area (Å²) in [4.78, 5) is 22.3. The molecule has 0 radical (unpaired) electrons. The second kappa shape index (κ2) is 11.8. The smallest absolute Gasteiger partial charge is 0.233 e. The van der Waals surface area contributed by atoms with Gasteiger partial charge in [0.2, 0.25) is 5.91 Å². The fraction of sp³-hybridized carbons (Fsp3) is 0.391. The Bertz CT molecular complexity index is 1040. The standard InChI is InChI=1S/C23H26ClN3O3S.ClH/c1-29-18-7-8-21-20(16-18)25-23(31-21)27(10-4-9-26-11-13-30-14-12-26)22(28)15-17-5-2-3-6-19(17)24;/h2-3,5-8,16H,4,9-15H2,1H3;1H. The first-order valence-electron chi connectivity index (χ1n) is 10.4. The van der Waals surface area contributed by atoms with E-state index in [1.54, 1.807) is 12.0 Å². The molecule has 9 heteroatoms. The molecule has 4 rings (SSSR count). The van der Waals surface area contributed by atoms with Crippen molar-refractivity contribution in [3.63, 3.8) is 0 Å². The number of thiazole rings is 1. The number of anilines is 1. The second-order valence-electron chi connectivity index (χ2n) is 7.45. The van der Waals surface area contributed by atoms with Crippen LogP contribution in [0.5, 0.6) is 5.75 Å². The number of benzene rings is 2. The lowest BCUT2D eigenvalue weighted by Gasteiger charge is -2.27. The van der Waals surface area contributed by atoms with Crippen molar-refractivity contribution in [2.75, 3.05) is 51.4 Å². The highest BCUT2D eigenvalue weighted by Crippen LogP contribution is 2.32. The van der Waals surface area contributed by atoms with E-state index >= 15 is 0 Å². The Kier molecular flexibility index (Phi) is 9.13. The lowest BCUT2D eigenvalue weighted by molar-refractivity contribution is -0.118. The van der Waals surface area contributed by atoms with E-state index in [2.05, 4.69) is 4.90 Å². The molecule has 0 unspecified atom stereocenters. The quantitative estimate of drug-likeness (QED) is 0.454. The van der Waals surface area contributed by atoms with Gasteiger partial charge in [-0.1, -0.05) is 41.1 Å². The molecule has 0 atom stereocenters. The molecule has 6 nitrogen and oxygen atoms in total. The number of halogens is 2. The molecule has 0 aliphatic carbocycles. The Morgan fingerprint density at radius 2 is 2.03 bits per heavy atom. The molecule has 32 heavy (non-hydrogen) atoms. The maximum Gasteiger partial charge on any atom is 0.233 e. The zero-order valence-corrected chi connectivity index (χ0v) is 20.3. The summed E-state index contributed by atoms with van der Waals surface area (Å²) in [7, 11) is 1.64. The van der Waals surface area contributed by atoms with Crippen LogP contribution in [0.25, 0.3) is 10.2 Å². The van der Waals surface area contributed by atoms with Crippen LogP contribution >= 0.6 is 35.3 Å². The monoisotopic (exact) mass is 495 g/mol. The van der Waals surface area contributed by atoms with Gasteiger partial charge in [-0.05, 0) is 30.2 Å². The summed E-state index contributed by atoms with van der Waals surface area (Å²) < 4.78 is 11.8. The largest absolute Gasteiger partial charge is 0.497 e. The number of amides is 1. The molecule has 172 valence electrons. The fourth-order valence-corrected chi connectivity index (χ4v) is 4.83. The number of nitrogens with zero attached hydrogens (tertiary/aromatic N) is 3. The van der Waals surface area contributed by atoms with Crippen LogP contribution in [0.4, 0.5) is 5.13 Å². The van der Waals surface area contributed by atoms with Crippen LogP contribution in [0.3, 0.4) is 0 Å². The Balaban J connectivity index is 0.00000289. The Hall–Kier alpha value is -1.90. The predicted molar refractivity (Wildman–Crippen MR) is 133 cm³/mol. The van der Waals surface area contributed by atoms with Gasteiger partial charge in [-0.2, -0.15) is 0 Å². The third-order valence-corrected chi connectivity index (χ3v) is 6.80. The van der Waals surface area contributed by atoms with Crippen molar-refractivity contribution < 1.29 is 14.3 Å². The van der Waals surface area contributed by atoms with Crippen molar-refractivity contribution in [3.05, 3.63) is 53.1 Å². The second-order valence-corrected chi connectivity index (χ2v) is 8.87. The van der Waals surface area contributed by atoms with Crippen LogP contribution in [0.15, 0.2) is 42.5 Å². The van der Waals surface area contributed by atoms with Crippen LogP contribution in [0.1, 0.15) is 12.0 Å². The van der Waals surface area contributed by atoms with Crippen molar-refractivity contribution in [1.82, 2.24) is 9.88 Å². The highest BCUT2D eigenvalue weighted by Gasteiger charge is 2.21. The Morgan fingerprint density at radius 3 is 2.78 bits per heavy atom. The molecule has 2 aromatic carbocycles. The Labute approximate surface area is 203 Å². The van der Waals surface area contributed by atoms with Gasteiger partial charge in [0.05, 0.1) is 37.0 Å². The first-order chi connectivity index (χ1) is 15.1. The number of rotatable bonds is 8. The predicted octanol–water partition coefficient (Wildman–Crippen LogP) is 4.68. The third-order valence-electron chi connectivity index (χ3n) is 5.37. The maximum absolute atomic E-state index is 13.3. The van der Waals surface area contributed by atoms with E-state index in [9.17, 15) is 4.79 Å². The van der Waals surface area contributed by atoms with Gasteiger partial charge in [-0.3, -0.25) is 14.6 Å². The molecule has 3 aromatic rings. The van der Waals surface area contributed by atoms with Crippen LogP contribution in [0.2, 0.25) is 5.02 Å². The fourth-order valence-electron chi connectivity index (χ4n) is 3.64. The molecule has 0 spiro atoms. The number of methoxy groups -OCH3 is 1. The number of carbonyl (C=O) groups excluding carboxylic acids is 1. The summed E-state index contributed by atoms with van der Waals surface area (Å²) in [5, 5.41) is 1.32. The van der Waals surface area contributed by atoms with Crippen molar-refractivity contribution in [2.45, 2.75) is 12.8 Å². The van der Waals surface area contributed by atoms with Gasteiger partial charge in [-0.25, -0.2) is 4.98 Å². The van der Waals surface area contributed by atoms with Crippen LogP contribution in [-0.2, 0) is 16.0 Å². The van der Waals surface area contributed by atoms with E-state index < -0.39 is 0 Å². The average Bonchev–Trinajstić information content (AvgIpc) is 3.21. The van der Waals surface area contributed by atoms with E-state index in [0.717, 1.165) is 60.8 Å². The van der Waals surface area contributed by atoms with Crippen molar-refractivity contribution in [1.29, 1.82) is 0 Å². The van der Waals surface area contributed by atoms with Crippen molar-refractivity contribution >= 4 is 56.6 Å². The number of fused-ring (bicyclic) bond motifs is 1. The molecule has 1 amide bonds. The average molecular weight is 496 g/mol. The summed E-state index contributed by atoms with van der Waals surface area (Å²) >= 11 is 7.83. The molecular formula is C23H27Cl2N3O3S. The molecule has 0 saturated carbocycles. The number of hydrogen-bond donors (Lipinski definition) is 0. The molecule has 0 N–H and O–H groups in total. The summed E-state index contributed by atoms with van der Waals surface area (Å²) in [6, 6.07) is 13.3. The van der Waals surface area contributed by atoms with Crippen LogP contribution in [0, 0.1) is 0 Å². The minimum absolute atomic E-state index is 0. The van der Waals surface area contributed by atoms with E-state index in [1.165, 1.54) is 11.3 Å². The number of ether oxygens (including phenoxy) is 2. The molecular weight excluding hydrogens is 469 g/mol. The highest BCUT2D eigenvalue weighted by atomic mass is 35.5. The minimum Gasteiger partial charge on any atom is -0.497 e. The van der Waals surface area contributed by atoms with E-state index in [0.29, 0.717) is 16.7 Å². The van der Waals surface area contributed by atoms with Gasteiger partial charge >= 0.3 is 0 Å². The summed E-state index contributed by atoms with van der Waals surface area (Å²) in [5.41, 5.74) is 1.66. The zero-order valence-electron chi connectivity index (χ0n) is 18.0. The summed E-state index contributed by atoms with van der Waals surface area (Å²) in [6.45, 7) is 4.96. The zero-order chi connectivity index (χ0) is 21.6. The van der Waals surface area contributed by atoms with Crippen LogP contribution in [-0.4, -0.2) is 62.3 Å². The Morgan fingerprint density at radius 1 is 1.25 bits per heavy atom. The van der Waals surface area contributed by atoms with Gasteiger partial charge in [0.25, 0.3) is 0 Å². The molecule has 1 aliphatic rings. The maximum atomic E-state index is 13.3. The molecule has 0 bridgehead atoms. The highest BCUT2D eigenvalue weighted by molar-refractivity contribution is 7.22. The topological polar surface area (TPSA) is 54.9 Å². The summed E-state index contributed by atoms with van der Waals surface area (Å²) in [6.07, 6.45) is 1.12. The number of aromatic nitrogens is 1. The lowest BCUT2D eigenvalue weighted by Crippen LogP contribution is -2.39. The molecule has 1 saturated heterocycles. The molecule has 1 aliphatic heterocycles. The summed E-state index contributed by atoms with van der Waals surface area (Å²) in [5.74, 6) is 0.756. The van der Waals surface area contributed by atoms with Gasteiger partial charge in [0, 0.05) is 37.3 Å². The molecule has 2 heterocycles. The van der Waals surface area contributed by atoms with Gasteiger partial charge in [0.15, 0.2) is 5.13 Å². The van der Waals surface area contributed by atoms with Crippen LogP contribution < -0.4 is 9.64 Å². The number of hydrogen-bond acceptors (Lipinski definition) is 6. The minimum atomic E-state index is 0. The molecule has 1 aromatic heterocycles. The van der Waals surface area contributed by atoms with Crippen molar-refractivity contribution in [2.24, 2.45) is 0 Å². The SMILES string of the molecule is COc1ccc2sc(N(CCCN3CCOCC3)C(=O)Cc3ccccc3Cl)nc2c1.Cl. The third kappa shape index (κ3) is 6.11.